The van der Waals surface area contributed by atoms with E-state index in [4.69, 9.17) is 10.00 Å². The zero-order valence-corrected chi connectivity index (χ0v) is 24.0. The van der Waals surface area contributed by atoms with Crippen LogP contribution in [0.15, 0.2) is 30.3 Å². The highest BCUT2D eigenvalue weighted by Gasteiger charge is 2.38. The molecule has 2 fully saturated rings. The van der Waals surface area contributed by atoms with E-state index >= 15 is 0 Å². The van der Waals surface area contributed by atoms with Gasteiger partial charge in [0.05, 0.1) is 11.6 Å². The third-order valence-electron chi connectivity index (χ3n) is 7.11. The molecule has 42 heavy (non-hydrogen) atoms. The number of anilines is 2. The highest BCUT2D eigenvalue weighted by Crippen LogP contribution is 2.32. The Morgan fingerprint density at radius 3 is 2.38 bits per heavy atom. The molecule has 2 aromatic rings. The summed E-state index contributed by atoms with van der Waals surface area (Å²) in [5.41, 5.74) is 0.885. The molecule has 0 unspecified atom stereocenters. The van der Waals surface area contributed by atoms with Crippen LogP contribution < -0.4 is 15.5 Å². The van der Waals surface area contributed by atoms with Gasteiger partial charge in [0.1, 0.15) is 23.3 Å². The molecule has 0 spiro atoms. The monoisotopic (exact) mass is 587 g/mol. The number of nitrogens with zero attached hydrogens (tertiary/aromatic N) is 5. The summed E-state index contributed by atoms with van der Waals surface area (Å²) in [7, 11) is 0. The van der Waals surface area contributed by atoms with Crippen molar-refractivity contribution < 1.29 is 27.5 Å². The lowest BCUT2D eigenvalue weighted by Gasteiger charge is -2.34. The number of nitriles is 1. The number of halogens is 3. The number of hydrogen-bond donors (Lipinski definition) is 2. The molecule has 2 saturated heterocycles. The summed E-state index contributed by atoms with van der Waals surface area (Å²) in [6.45, 7) is 6.89. The fraction of sp³-hybridized carbons (Fsp3) is 0.552. The fourth-order valence-electron chi connectivity index (χ4n) is 5.03. The molecular weight excluding hydrogens is 551 g/mol. The van der Waals surface area contributed by atoms with Gasteiger partial charge in [0.25, 0.3) is 0 Å². The van der Waals surface area contributed by atoms with Crippen molar-refractivity contribution in [3.8, 4) is 6.07 Å². The highest BCUT2D eigenvalue weighted by molar-refractivity contribution is 5.85. The molecule has 1 atom stereocenters. The van der Waals surface area contributed by atoms with Crippen molar-refractivity contribution in [1.82, 2.24) is 20.2 Å². The minimum Gasteiger partial charge on any atom is -0.444 e. The third kappa shape index (κ3) is 8.24. The Morgan fingerprint density at radius 1 is 1.07 bits per heavy atom. The minimum absolute atomic E-state index is 0.0231. The summed E-state index contributed by atoms with van der Waals surface area (Å²) in [4.78, 5) is 36.1. The summed E-state index contributed by atoms with van der Waals surface area (Å²) in [6, 6.07) is 9.71. The predicted molar refractivity (Wildman–Crippen MR) is 150 cm³/mol. The Morgan fingerprint density at radius 2 is 1.76 bits per heavy atom. The van der Waals surface area contributed by atoms with Crippen LogP contribution in [0, 0.1) is 11.3 Å². The second kappa shape index (κ2) is 12.8. The van der Waals surface area contributed by atoms with E-state index in [0.717, 1.165) is 5.56 Å². The molecule has 1 aromatic carbocycles. The molecule has 2 aliphatic rings. The van der Waals surface area contributed by atoms with Crippen LogP contribution in [0.25, 0.3) is 0 Å². The number of ether oxygens (including phenoxy) is 1. The van der Waals surface area contributed by atoms with Crippen molar-refractivity contribution in [2.75, 3.05) is 36.4 Å². The highest BCUT2D eigenvalue weighted by atomic mass is 19.4. The maximum absolute atomic E-state index is 13.8. The lowest BCUT2D eigenvalue weighted by molar-refractivity contribution is -0.144. The van der Waals surface area contributed by atoms with Gasteiger partial charge in [-0.15, -0.1) is 0 Å². The Bertz CT molecular complexity index is 1300. The number of piperidine rings is 1. The Kier molecular flexibility index (Phi) is 9.43. The third-order valence-corrected chi connectivity index (χ3v) is 7.11. The number of benzene rings is 1. The topological polar surface area (TPSA) is 123 Å². The van der Waals surface area contributed by atoms with E-state index in [2.05, 4.69) is 26.7 Å². The molecule has 13 heteroatoms. The summed E-state index contributed by atoms with van der Waals surface area (Å²) in [6.07, 6.45) is -2.51. The quantitative estimate of drug-likeness (QED) is 0.485. The van der Waals surface area contributed by atoms with Gasteiger partial charge in [-0.25, -0.2) is 14.8 Å². The second-order valence-corrected chi connectivity index (χ2v) is 11.5. The fourth-order valence-corrected chi connectivity index (χ4v) is 5.03. The molecule has 2 amide bonds. The van der Waals surface area contributed by atoms with Gasteiger partial charge in [0.15, 0.2) is 0 Å². The number of amides is 2. The molecule has 4 rings (SSSR count). The smallest absolute Gasteiger partial charge is 0.444 e. The van der Waals surface area contributed by atoms with Gasteiger partial charge < -0.3 is 25.2 Å². The molecule has 0 saturated carbocycles. The lowest BCUT2D eigenvalue weighted by atomic mass is 10.1. The molecule has 226 valence electrons. The lowest BCUT2D eigenvalue weighted by Crippen LogP contribution is -2.45. The minimum atomic E-state index is -4.77. The van der Waals surface area contributed by atoms with Crippen molar-refractivity contribution in [3.63, 3.8) is 0 Å². The maximum Gasteiger partial charge on any atom is 0.451 e. The van der Waals surface area contributed by atoms with Crippen molar-refractivity contribution in [2.45, 2.75) is 76.7 Å². The van der Waals surface area contributed by atoms with E-state index in [1.54, 1.807) is 42.7 Å². The van der Waals surface area contributed by atoms with Crippen LogP contribution in [-0.2, 0) is 22.1 Å². The van der Waals surface area contributed by atoms with E-state index in [0.29, 0.717) is 63.8 Å². The van der Waals surface area contributed by atoms with Gasteiger partial charge in [-0.3, -0.25) is 4.79 Å². The molecule has 2 N–H and O–H groups in total. The van der Waals surface area contributed by atoms with Crippen molar-refractivity contribution in [2.24, 2.45) is 0 Å². The van der Waals surface area contributed by atoms with Gasteiger partial charge in [0.2, 0.25) is 11.7 Å². The molecule has 0 radical (unpaired) electrons. The van der Waals surface area contributed by atoms with Gasteiger partial charge in [0, 0.05) is 38.3 Å². The van der Waals surface area contributed by atoms with Crippen LogP contribution in [0.4, 0.5) is 29.6 Å². The Hall–Kier alpha value is -4.08. The number of alkyl halides is 3. The van der Waals surface area contributed by atoms with Gasteiger partial charge in [-0.05, 0) is 70.6 Å². The Balaban J connectivity index is 1.41. The first-order valence-corrected chi connectivity index (χ1v) is 14.1. The van der Waals surface area contributed by atoms with Crippen molar-refractivity contribution in [3.05, 3.63) is 47.3 Å². The van der Waals surface area contributed by atoms with Crippen LogP contribution >= 0.6 is 0 Å². The number of carbonyl (C=O) groups excluding carboxylic acids is 2. The number of nitrogens with one attached hydrogen (secondary N) is 2. The number of likely N-dealkylation sites (tertiary alicyclic amines) is 1. The van der Waals surface area contributed by atoms with Crippen LogP contribution in [-0.4, -0.2) is 70.7 Å². The van der Waals surface area contributed by atoms with Gasteiger partial charge in [-0.1, -0.05) is 12.1 Å². The predicted octanol–water partition coefficient (Wildman–Crippen LogP) is 4.51. The summed E-state index contributed by atoms with van der Waals surface area (Å²) in [5, 5.41) is 14.9. The first kappa shape index (κ1) is 30.9. The van der Waals surface area contributed by atoms with E-state index in [9.17, 15) is 22.8 Å². The average Bonchev–Trinajstić information content (AvgIpc) is 3.43. The Labute approximate surface area is 243 Å². The zero-order valence-electron chi connectivity index (χ0n) is 24.0. The molecule has 0 bridgehead atoms. The van der Waals surface area contributed by atoms with Crippen LogP contribution in [0.2, 0.25) is 0 Å². The standard InChI is InChI=1S/C29H36F3N7O3/c1-28(2,3)42-27(41)38-15-11-21(12-16-38)35-23-17-24(37-26(36-23)29(30,31)32)39-14-4-5-22(39)25(40)34-13-10-19-6-8-20(18-33)9-7-19/h6-9,17,21-22H,4-5,10-16H2,1-3H3,(H,34,40)(H,35,36,37)/t22-/m0/s1. The largest absolute Gasteiger partial charge is 0.451 e. The second-order valence-electron chi connectivity index (χ2n) is 11.5. The number of rotatable bonds is 7. The van der Waals surface area contributed by atoms with Crippen LogP contribution in [0.1, 0.15) is 63.4 Å². The summed E-state index contributed by atoms with van der Waals surface area (Å²) < 4.78 is 46.8. The number of carbonyl (C=O) groups is 2. The van der Waals surface area contributed by atoms with Gasteiger partial charge in [-0.2, -0.15) is 18.4 Å². The average molecular weight is 588 g/mol. The van der Waals surface area contributed by atoms with E-state index < -0.39 is 29.7 Å². The van der Waals surface area contributed by atoms with Crippen LogP contribution in [0.5, 0.6) is 0 Å². The maximum atomic E-state index is 13.8. The van der Waals surface area contributed by atoms with Crippen LogP contribution in [0.3, 0.4) is 0 Å². The van der Waals surface area contributed by atoms with Crippen molar-refractivity contribution >= 4 is 23.6 Å². The normalized spacial score (nSPS) is 18.0. The van der Waals surface area contributed by atoms with E-state index in [-0.39, 0.29) is 23.6 Å². The molecule has 3 heterocycles. The molecule has 1 aromatic heterocycles. The van der Waals surface area contributed by atoms with E-state index in [1.165, 1.54) is 6.07 Å². The first-order chi connectivity index (χ1) is 19.8. The molecular formula is C29H36F3N7O3. The summed E-state index contributed by atoms with van der Waals surface area (Å²) in [5.74, 6) is -1.50. The summed E-state index contributed by atoms with van der Waals surface area (Å²) >= 11 is 0. The molecule has 2 aliphatic heterocycles. The van der Waals surface area contributed by atoms with Gasteiger partial charge >= 0.3 is 12.3 Å². The molecule has 0 aliphatic carbocycles. The number of aromatic nitrogens is 2. The first-order valence-electron chi connectivity index (χ1n) is 14.1. The van der Waals surface area contributed by atoms with E-state index in [1.807, 2.05) is 12.1 Å². The zero-order chi connectivity index (χ0) is 30.5. The van der Waals surface area contributed by atoms with Crippen molar-refractivity contribution in [1.29, 1.82) is 5.26 Å². The number of hydrogen-bond acceptors (Lipinski definition) is 8. The molecule has 10 nitrogen and oxygen atoms in total. The SMILES string of the molecule is CC(C)(C)OC(=O)N1CCC(Nc2cc(N3CCC[C@H]3C(=O)NCCc3ccc(C#N)cc3)nc(C(F)(F)F)n2)CC1.